The molecule has 0 heterocycles. The topological polar surface area (TPSA) is 63.6 Å². The lowest BCUT2D eigenvalue weighted by Crippen LogP contribution is -2.18. The van der Waals surface area contributed by atoms with E-state index in [0.717, 1.165) is 12.2 Å². The fraction of sp³-hybridized carbons (Fsp3) is 0.889. The van der Waals surface area contributed by atoms with E-state index in [4.69, 9.17) is 9.84 Å². The number of esters is 1. The molecule has 0 radical (unpaired) electrons. The van der Waals surface area contributed by atoms with E-state index in [1.54, 1.807) is 6.92 Å². The van der Waals surface area contributed by atoms with Crippen molar-refractivity contribution in [2.45, 2.75) is 96.3 Å². The highest BCUT2D eigenvalue weighted by Gasteiger charge is 2.17. The fourth-order valence-corrected chi connectivity index (χ4v) is 3.38. The minimum Gasteiger partial charge on any atom is -0.481 e. The van der Waals surface area contributed by atoms with Crippen LogP contribution in [0.25, 0.3) is 0 Å². The summed E-state index contributed by atoms with van der Waals surface area (Å²) in [5.41, 5.74) is -0.543. The largest absolute Gasteiger partial charge is 0.481 e. The van der Waals surface area contributed by atoms with E-state index in [0.29, 0.717) is 0 Å². The maximum absolute atomic E-state index is 11.3. The van der Waals surface area contributed by atoms with Gasteiger partial charge in [-0.15, -0.1) is 11.8 Å². The molecular formula is C18H34O4S. The summed E-state index contributed by atoms with van der Waals surface area (Å²) in [6.07, 6.45) is 13.0. The van der Waals surface area contributed by atoms with Crippen molar-refractivity contribution in [3.8, 4) is 0 Å². The molecule has 0 aliphatic carbocycles. The summed E-state index contributed by atoms with van der Waals surface area (Å²) in [6, 6.07) is 0. The highest BCUT2D eigenvalue weighted by Crippen LogP contribution is 2.20. The van der Waals surface area contributed by atoms with Crippen molar-refractivity contribution in [2.24, 2.45) is 0 Å². The molecule has 23 heavy (non-hydrogen) atoms. The summed E-state index contributed by atoms with van der Waals surface area (Å²) in [6.45, 7) is 3.95. The van der Waals surface area contributed by atoms with Gasteiger partial charge >= 0.3 is 11.9 Å². The van der Waals surface area contributed by atoms with Gasteiger partial charge in [0.1, 0.15) is 0 Å². The number of carbonyl (C=O) groups excluding carboxylic acids is 1. The molecule has 0 aliphatic rings. The minimum absolute atomic E-state index is 0.117. The van der Waals surface area contributed by atoms with Gasteiger partial charge in [-0.1, -0.05) is 71.6 Å². The van der Waals surface area contributed by atoms with Crippen molar-refractivity contribution >= 4 is 23.7 Å². The van der Waals surface area contributed by atoms with Crippen molar-refractivity contribution in [1.82, 2.24) is 0 Å². The molecule has 0 saturated carbocycles. The summed E-state index contributed by atoms with van der Waals surface area (Å²) in [7, 11) is 0. The van der Waals surface area contributed by atoms with Crippen LogP contribution in [0.3, 0.4) is 0 Å². The first-order valence-electron chi connectivity index (χ1n) is 9.13. The number of carboxylic acid groups (broad SMARTS) is 1. The van der Waals surface area contributed by atoms with Crippen molar-refractivity contribution in [2.75, 3.05) is 5.75 Å². The van der Waals surface area contributed by atoms with E-state index in [-0.39, 0.29) is 18.8 Å². The lowest BCUT2D eigenvalue weighted by atomic mass is 10.1. The van der Waals surface area contributed by atoms with Crippen molar-refractivity contribution < 1.29 is 19.4 Å². The van der Waals surface area contributed by atoms with E-state index in [9.17, 15) is 9.59 Å². The first-order valence-corrected chi connectivity index (χ1v) is 10.2. The molecule has 0 aromatic heterocycles. The maximum atomic E-state index is 11.3. The smallest absolute Gasteiger partial charge is 0.308 e. The van der Waals surface area contributed by atoms with Gasteiger partial charge in [0.2, 0.25) is 0 Å². The van der Waals surface area contributed by atoms with Crippen molar-refractivity contribution in [3.63, 3.8) is 0 Å². The highest BCUT2D eigenvalue weighted by molar-refractivity contribution is 7.99. The molecule has 0 fully saturated rings. The van der Waals surface area contributed by atoms with Gasteiger partial charge in [-0.05, 0) is 12.2 Å². The second-order valence-corrected chi connectivity index (χ2v) is 7.19. The van der Waals surface area contributed by atoms with Crippen LogP contribution in [0, 0.1) is 0 Å². The van der Waals surface area contributed by atoms with Crippen LogP contribution in [0.1, 0.15) is 90.9 Å². The third-order valence-electron chi connectivity index (χ3n) is 3.69. The number of thioether (sulfide) groups is 1. The van der Waals surface area contributed by atoms with Crippen LogP contribution < -0.4 is 0 Å². The van der Waals surface area contributed by atoms with Crippen LogP contribution in [-0.2, 0) is 14.3 Å². The number of unbranched alkanes of at least 4 members (excludes halogenated alkanes) is 9. The van der Waals surface area contributed by atoms with Gasteiger partial charge in [0.05, 0.1) is 6.42 Å². The van der Waals surface area contributed by atoms with Crippen LogP contribution in [-0.4, -0.2) is 28.2 Å². The molecule has 0 amide bonds. The number of rotatable bonds is 16. The highest BCUT2D eigenvalue weighted by atomic mass is 32.2. The Hall–Kier alpha value is -0.710. The van der Waals surface area contributed by atoms with Gasteiger partial charge in [-0.25, -0.2) is 0 Å². The zero-order valence-electron chi connectivity index (χ0n) is 14.8. The van der Waals surface area contributed by atoms with E-state index < -0.39 is 11.4 Å². The van der Waals surface area contributed by atoms with Crippen LogP contribution in [0.15, 0.2) is 0 Å². The Morgan fingerprint density at radius 2 is 1.43 bits per heavy atom. The van der Waals surface area contributed by atoms with Crippen molar-refractivity contribution in [3.05, 3.63) is 0 Å². The number of hydrogen-bond acceptors (Lipinski definition) is 4. The molecule has 0 spiro atoms. The number of aliphatic carboxylic acids is 1. The van der Waals surface area contributed by atoms with E-state index >= 15 is 0 Å². The zero-order chi connectivity index (χ0) is 17.3. The summed E-state index contributed by atoms with van der Waals surface area (Å²) in [4.78, 5) is 22.1. The normalized spacial score (nSPS) is 12.1. The summed E-state index contributed by atoms with van der Waals surface area (Å²) < 4.78 is 5.15. The second-order valence-electron chi connectivity index (χ2n) is 5.92. The van der Waals surface area contributed by atoms with Gasteiger partial charge in [0, 0.05) is 6.42 Å². The number of hydrogen-bond donors (Lipinski definition) is 1. The molecule has 4 nitrogen and oxygen atoms in total. The van der Waals surface area contributed by atoms with Gasteiger partial charge in [0.25, 0.3) is 0 Å². The quantitative estimate of drug-likeness (QED) is 0.230. The molecular weight excluding hydrogens is 312 g/mol. The summed E-state index contributed by atoms with van der Waals surface area (Å²) in [5, 5.41) is 8.84. The SMILES string of the molecule is CCCCCCCCCCCCSC(CC(=O)O)OC(=O)CC. The molecule has 1 atom stereocenters. The minimum atomic E-state index is -0.922. The first-order chi connectivity index (χ1) is 11.1. The van der Waals surface area contributed by atoms with Crippen LogP contribution in [0.5, 0.6) is 0 Å². The molecule has 5 heteroatoms. The molecule has 0 aliphatic heterocycles. The van der Waals surface area contributed by atoms with Crippen LogP contribution >= 0.6 is 11.8 Å². The van der Waals surface area contributed by atoms with Gasteiger partial charge < -0.3 is 9.84 Å². The monoisotopic (exact) mass is 346 g/mol. The van der Waals surface area contributed by atoms with E-state index in [2.05, 4.69) is 6.92 Å². The van der Waals surface area contributed by atoms with Crippen LogP contribution in [0.2, 0.25) is 0 Å². The maximum Gasteiger partial charge on any atom is 0.308 e. The molecule has 0 aromatic carbocycles. The Morgan fingerprint density at radius 1 is 0.913 bits per heavy atom. The van der Waals surface area contributed by atoms with E-state index in [1.165, 1.54) is 69.5 Å². The van der Waals surface area contributed by atoms with Crippen molar-refractivity contribution in [1.29, 1.82) is 0 Å². The Kier molecular flexibility index (Phi) is 15.7. The number of ether oxygens (including phenoxy) is 1. The standard InChI is InChI=1S/C18H34O4S/c1-3-5-6-7-8-9-10-11-12-13-14-23-18(15-16(19)20)22-17(21)4-2/h18H,3-15H2,1-2H3,(H,19,20). The average Bonchev–Trinajstić information content (AvgIpc) is 2.51. The second kappa shape index (κ2) is 16.2. The third kappa shape index (κ3) is 15.9. The Balaban J connectivity index is 3.54. The molecule has 1 N–H and O–H groups in total. The molecule has 0 saturated heterocycles. The molecule has 0 aromatic rings. The number of carboxylic acids is 1. The van der Waals surface area contributed by atoms with Crippen LogP contribution in [0.4, 0.5) is 0 Å². The lowest BCUT2D eigenvalue weighted by molar-refractivity contribution is -0.147. The predicted molar refractivity (Wildman–Crippen MR) is 96.7 cm³/mol. The zero-order valence-corrected chi connectivity index (χ0v) is 15.7. The Bertz CT molecular complexity index is 307. The number of carbonyl (C=O) groups is 2. The fourth-order valence-electron chi connectivity index (χ4n) is 2.31. The van der Waals surface area contributed by atoms with Gasteiger partial charge in [-0.3, -0.25) is 9.59 Å². The molecule has 0 rings (SSSR count). The summed E-state index contributed by atoms with van der Waals surface area (Å²) >= 11 is 1.45. The molecule has 136 valence electrons. The van der Waals surface area contributed by atoms with Gasteiger partial charge in [0.15, 0.2) is 5.44 Å². The van der Waals surface area contributed by atoms with Gasteiger partial charge in [-0.2, -0.15) is 0 Å². The van der Waals surface area contributed by atoms with E-state index in [1.807, 2.05) is 0 Å². The first kappa shape index (κ1) is 22.3. The third-order valence-corrected chi connectivity index (χ3v) is 4.85. The summed E-state index contributed by atoms with van der Waals surface area (Å²) in [5.74, 6) is -0.396. The Labute approximate surface area is 145 Å². The average molecular weight is 347 g/mol. The Morgan fingerprint density at radius 3 is 1.91 bits per heavy atom. The molecule has 0 bridgehead atoms. The predicted octanol–water partition coefficient (Wildman–Crippen LogP) is 5.39. The lowest BCUT2D eigenvalue weighted by Gasteiger charge is -2.15. The molecule has 1 unspecified atom stereocenters.